The summed E-state index contributed by atoms with van der Waals surface area (Å²) in [5.41, 5.74) is 0.897. The molecule has 0 atom stereocenters. The van der Waals surface area contributed by atoms with Gasteiger partial charge in [0.1, 0.15) is 17.1 Å². The number of rotatable bonds is 6. The van der Waals surface area contributed by atoms with Gasteiger partial charge in [-0.15, -0.1) is 0 Å². The molecule has 0 fully saturated rings. The summed E-state index contributed by atoms with van der Waals surface area (Å²) in [6, 6.07) is 10.4. The van der Waals surface area contributed by atoms with Crippen LogP contribution in [-0.4, -0.2) is 22.2 Å². The second-order valence-electron chi connectivity index (χ2n) is 5.14. The Morgan fingerprint density at radius 3 is 2.39 bits per heavy atom. The number of carbonyl (C=O) groups excluding carboxylic acids is 1. The van der Waals surface area contributed by atoms with Crippen LogP contribution in [0.15, 0.2) is 42.5 Å². The second kappa shape index (κ2) is 7.45. The van der Waals surface area contributed by atoms with E-state index in [0.29, 0.717) is 12.0 Å². The third-order valence-corrected chi connectivity index (χ3v) is 3.42. The Morgan fingerprint density at radius 1 is 1.09 bits per heavy atom. The van der Waals surface area contributed by atoms with Gasteiger partial charge in [0.15, 0.2) is 0 Å². The van der Waals surface area contributed by atoms with Gasteiger partial charge in [0, 0.05) is 0 Å². The molecular formula is C18H18O5. The summed E-state index contributed by atoms with van der Waals surface area (Å²) in [5.74, 6) is -1.67. The number of carbonyl (C=O) groups is 2. The van der Waals surface area contributed by atoms with Gasteiger partial charge in [-0.05, 0) is 48.7 Å². The van der Waals surface area contributed by atoms with Crippen molar-refractivity contribution in [2.45, 2.75) is 26.2 Å². The van der Waals surface area contributed by atoms with E-state index >= 15 is 0 Å². The Labute approximate surface area is 134 Å². The fourth-order valence-electron chi connectivity index (χ4n) is 2.19. The molecule has 0 aliphatic rings. The van der Waals surface area contributed by atoms with Gasteiger partial charge in [-0.3, -0.25) is 0 Å². The third-order valence-electron chi connectivity index (χ3n) is 3.42. The number of phenols is 1. The molecule has 2 aromatic carbocycles. The van der Waals surface area contributed by atoms with E-state index in [9.17, 15) is 19.8 Å². The largest absolute Gasteiger partial charge is 0.508 e. The van der Waals surface area contributed by atoms with Crippen LogP contribution in [0.1, 0.15) is 46.0 Å². The highest BCUT2D eigenvalue weighted by Gasteiger charge is 2.19. The van der Waals surface area contributed by atoms with E-state index in [1.165, 1.54) is 30.3 Å². The average Bonchev–Trinajstić information content (AvgIpc) is 2.54. The zero-order valence-corrected chi connectivity index (χ0v) is 12.8. The van der Waals surface area contributed by atoms with E-state index < -0.39 is 11.9 Å². The van der Waals surface area contributed by atoms with Gasteiger partial charge in [-0.2, -0.15) is 0 Å². The number of aromatic hydroxyl groups is 1. The maximum atomic E-state index is 12.2. The zero-order valence-electron chi connectivity index (χ0n) is 12.8. The van der Waals surface area contributed by atoms with Crippen molar-refractivity contribution in [3.05, 3.63) is 59.2 Å². The zero-order chi connectivity index (χ0) is 16.8. The molecule has 0 radical (unpaired) electrons. The van der Waals surface area contributed by atoms with Gasteiger partial charge in [-0.25, -0.2) is 9.59 Å². The van der Waals surface area contributed by atoms with E-state index in [1.807, 2.05) is 6.92 Å². The number of carboxylic acids is 1. The predicted molar refractivity (Wildman–Crippen MR) is 85.1 cm³/mol. The number of carboxylic acid groups (broad SMARTS) is 1. The van der Waals surface area contributed by atoms with E-state index in [1.54, 1.807) is 12.1 Å². The summed E-state index contributed by atoms with van der Waals surface area (Å²) in [6.07, 6.45) is 2.45. The van der Waals surface area contributed by atoms with Crippen molar-refractivity contribution in [2.75, 3.05) is 0 Å². The molecule has 0 unspecified atom stereocenters. The molecule has 0 aromatic heterocycles. The highest BCUT2D eigenvalue weighted by molar-refractivity contribution is 5.96. The van der Waals surface area contributed by atoms with Gasteiger partial charge in [0.05, 0.1) is 5.56 Å². The Hall–Kier alpha value is -2.82. The third kappa shape index (κ3) is 4.10. The topological polar surface area (TPSA) is 83.8 Å². The van der Waals surface area contributed by atoms with Crippen LogP contribution in [-0.2, 0) is 6.42 Å². The lowest BCUT2D eigenvalue weighted by Gasteiger charge is -2.12. The number of para-hydroxylation sites is 1. The first-order chi connectivity index (χ1) is 11.0. The van der Waals surface area contributed by atoms with Crippen LogP contribution in [0, 0.1) is 0 Å². The van der Waals surface area contributed by atoms with Crippen molar-refractivity contribution in [3.8, 4) is 11.5 Å². The van der Waals surface area contributed by atoms with Crippen molar-refractivity contribution in [3.63, 3.8) is 0 Å². The number of unbranched alkanes of at least 4 members (excludes halogenated alkanes) is 1. The molecule has 5 nitrogen and oxygen atoms in total. The molecule has 0 bridgehead atoms. The minimum Gasteiger partial charge on any atom is -0.508 e. The molecule has 0 aliphatic heterocycles. The van der Waals surface area contributed by atoms with E-state index in [2.05, 4.69) is 0 Å². The monoisotopic (exact) mass is 314 g/mol. The molecule has 23 heavy (non-hydrogen) atoms. The number of hydrogen-bond acceptors (Lipinski definition) is 4. The van der Waals surface area contributed by atoms with Gasteiger partial charge >= 0.3 is 11.9 Å². The Balaban J connectivity index is 2.34. The van der Waals surface area contributed by atoms with Crippen LogP contribution < -0.4 is 4.74 Å². The molecule has 5 heteroatoms. The maximum Gasteiger partial charge on any atom is 0.343 e. The molecule has 120 valence electrons. The summed E-state index contributed by atoms with van der Waals surface area (Å²) >= 11 is 0. The summed E-state index contributed by atoms with van der Waals surface area (Å²) in [6.45, 7) is 2.03. The molecule has 2 rings (SSSR count). The SMILES string of the molecule is CCCCc1cccc(C(=O)O)c1OC(=O)c1ccc(O)cc1. The molecule has 2 aromatic rings. The van der Waals surface area contributed by atoms with Gasteiger partial charge < -0.3 is 14.9 Å². The molecule has 0 saturated carbocycles. The summed E-state index contributed by atoms with van der Waals surface area (Å²) in [7, 11) is 0. The fraction of sp³-hybridized carbons (Fsp3) is 0.222. The minimum atomic E-state index is -1.14. The molecular weight excluding hydrogens is 296 g/mol. The van der Waals surface area contributed by atoms with E-state index in [0.717, 1.165) is 12.8 Å². The summed E-state index contributed by atoms with van der Waals surface area (Å²) < 4.78 is 5.36. The first-order valence-electron chi connectivity index (χ1n) is 7.39. The van der Waals surface area contributed by atoms with Crippen LogP contribution in [0.2, 0.25) is 0 Å². The number of esters is 1. The van der Waals surface area contributed by atoms with Crippen LogP contribution >= 0.6 is 0 Å². The lowest BCUT2D eigenvalue weighted by Crippen LogP contribution is -2.13. The molecule has 0 heterocycles. The molecule has 0 saturated heterocycles. The number of ether oxygens (including phenoxy) is 1. The minimum absolute atomic E-state index is 0.0364. The van der Waals surface area contributed by atoms with Gasteiger partial charge in [-0.1, -0.05) is 25.5 Å². The first kappa shape index (κ1) is 16.5. The Morgan fingerprint density at radius 2 is 1.78 bits per heavy atom. The first-order valence-corrected chi connectivity index (χ1v) is 7.39. The summed E-state index contributed by atoms with van der Waals surface area (Å²) in [5, 5.41) is 18.6. The lowest BCUT2D eigenvalue weighted by atomic mass is 10.0. The van der Waals surface area contributed by atoms with Crippen LogP contribution in [0.5, 0.6) is 11.5 Å². The molecule has 0 amide bonds. The van der Waals surface area contributed by atoms with Crippen LogP contribution in [0.25, 0.3) is 0 Å². The normalized spacial score (nSPS) is 10.3. The molecule has 0 spiro atoms. The van der Waals surface area contributed by atoms with Crippen molar-refractivity contribution in [1.82, 2.24) is 0 Å². The number of hydrogen-bond donors (Lipinski definition) is 2. The van der Waals surface area contributed by atoms with Gasteiger partial charge in [0.25, 0.3) is 0 Å². The molecule has 2 N–H and O–H groups in total. The van der Waals surface area contributed by atoms with Crippen molar-refractivity contribution in [1.29, 1.82) is 0 Å². The number of benzene rings is 2. The van der Waals surface area contributed by atoms with Crippen molar-refractivity contribution < 1.29 is 24.5 Å². The van der Waals surface area contributed by atoms with Gasteiger partial charge in [0.2, 0.25) is 0 Å². The van der Waals surface area contributed by atoms with Crippen molar-refractivity contribution >= 4 is 11.9 Å². The van der Waals surface area contributed by atoms with Crippen LogP contribution in [0.3, 0.4) is 0 Å². The smallest absolute Gasteiger partial charge is 0.343 e. The fourth-order valence-corrected chi connectivity index (χ4v) is 2.19. The lowest BCUT2D eigenvalue weighted by molar-refractivity contribution is 0.0680. The second-order valence-corrected chi connectivity index (χ2v) is 5.14. The maximum absolute atomic E-state index is 12.2. The number of phenolic OH excluding ortho intramolecular Hbond substituents is 1. The van der Waals surface area contributed by atoms with Crippen LogP contribution in [0.4, 0.5) is 0 Å². The molecule has 0 aliphatic carbocycles. The number of aromatic carboxylic acids is 1. The highest BCUT2D eigenvalue weighted by atomic mass is 16.5. The van der Waals surface area contributed by atoms with E-state index in [-0.39, 0.29) is 22.6 Å². The summed E-state index contributed by atoms with van der Waals surface area (Å²) in [4.78, 5) is 23.6. The highest BCUT2D eigenvalue weighted by Crippen LogP contribution is 2.27. The standard InChI is InChI=1S/C18H18O5/c1-2-3-5-12-6-4-7-15(17(20)21)16(12)23-18(22)13-8-10-14(19)11-9-13/h4,6-11,19H,2-3,5H2,1H3,(H,20,21). The number of aryl methyl sites for hydroxylation is 1. The Bertz CT molecular complexity index is 704. The Kier molecular flexibility index (Phi) is 5.36. The quantitative estimate of drug-likeness (QED) is 0.628. The average molecular weight is 314 g/mol. The predicted octanol–water partition coefficient (Wildman–Crippen LogP) is 3.65. The van der Waals surface area contributed by atoms with E-state index in [4.69, 9.17) is 4.74 Å². The van der Waals surface area contributed by atoms with Crippen molar-refractivity contribution in [2.24, 2.45) is 0 Å².